The van der Waals surface area contributed by atoms with Crippen LogP contribution in [0.4, 0.5) is 0 Å². The van der Waals surface area contributed by atoms with E-state index in [4.69, 9.17) is 9.47 Å². The normalized spacial score (nSPS) is 9.92. The van der Waals surface area contributed by atoms with Crippen molar-refractivity contribution in [2.45, 2.75) is 0 Å². The Hall–Kier alpha value is -3.32. The molecule has 4 nitrogen and oxygen atoms in total. The molecule has 0 atom stereocenters. The Balaban J connectivity index is 2.07. The van der Waals surface area contributed by atoms with Crippen molar-refractivity contribution in [3.05, 3.63) is 65.4 Å². The number of pyridine rings is 1. The van der Waals surface area contributed by atoms with Gasteiger partial charge >= 0.3 is 0 Å². The van der Waals surface area contributed by atoms with Crippen molar-refractivity contribution in [1.82, 2.24) is 4.98 Å². The first kappa shape index (κ1) is 15.6. The molecule has 3 aromatic rings. The molecule has 0 unspecified atom stereocenters. The van der Waals surface area contributed by atoms with Crippen LogP contribution in [0.2, 0.25) is 0 Å². The maximum absolute atomic E-state index is 11.3. The zero-order valence-electron chi connectivity index (χ0n) is 13.4. The van der Waals surface area contributed by atoms with Crippen molar-refractivity contribution in [2.24, 2.45) is 0 Å². The number of aromatic nitrogens is 1. The Morgan fingerprint density at radius 1 is 0.958 bits per heavy atom. The van der Waals surface area contributed by atoms with Gasteiger partial charge < -0.3 is 9.47 Å². The molecule has 24 heavy (non-hydrogen) atoms. The van der Waals surface area contributed by atoms with Crippen molar-refractivity contribution in [3.8, 4) is 23.3 Å². The fourth-order valence-corrected chi connectivity index (χ4v) is 2.33. The number of carbonyl (C=O) groups is 1. The maximum Gasteiger partial charge on any atom is 0.152 e. The summed E-state index contributed by atoms with van der Waals surface area (Å²) in [6, 6.07) is 14.8. The summed E-state index contributed by atoms with van der Waals surface area (Å²) in [5.74, 6) is 7.30. The van der Waals surface area contributed by atoms with Gasteiger partial charge in [0.2, 0.25) is 0 Å². The van der Waals surface area contributed by atoms with Gasteiger partial charge in [-0.2, -0.15) is 0 Å². The molecule has 0 radical (unpaired) electrons. The molecule has 118 valence electrons. The molecule has 0 saturated heterocycles. The molecule has 0 aliphatic carbocycles. The lowest BCUT2D eigenvalue weighted by molar-refractivity contribution is 0.112. The van der Waals surface area contributed by atoms with Crippen molar-refractivity contribution in [2.75, 3.05) is 14.2 Å². The molecule has 3 rings (SSSR count). The smallest absolute Gasteiger partial charge is 0.152 e. The molecule has 0 aliphatic rings. The summed E-state index contributed by atoms with van der Waals surface area (Å²) >= 11 is 0. The van der Waals surface area contributed by atoms with E-state index in [0.29, 0.717) is 22.8 Å². The highest BCUT2D eigenvalue weighted by Gasteiger charge is 2.04. The lowest BCUT2D eigenvalue weighted by Crippen LogP contribution is -1.93. The second kappa shape index (κ2) is 6.84. The summed E-state index contributed by atoms with van der Waals surface area (Å²) in [5, 5.41) is 0.910. The number of hydrogen-bond acceptors (Lipinski definition) is 4. The first-order valence-electron chi connectivity index (χ1n) is 7.33. The third kappa shape index (κ3) is 3.21. The molecule has 0 aliphatic heterocycles. The number of ether oxygens (including phenoxy) is 2. The number of aldehydes is 1. The van der Waals surface area contributed by atoms with Crippen molar-refractivity contribution in [3.63, 3.8) is 0 Å². The Morgan fingerprint density at radius 3 is 2.33 bits per heavy atom. The van der Waals surface area contributed by atoms with E-state index < -0.39 is 0 Å². The highest BCUT2D eigenvalue weighted by Crippen LogP contribution is 2.22. The van der Waals surface area contributed by atoms with Gasteiger partial charge in [0, 0.05) is 22.6 Å². The fourth-order valence-electron chi connectivity index (χ4n) is 2.33. The summed E-state index contributed by atoms with van der Waals surface area (Å²) < 4.78 is 10.5. The number of para-hydroxylation sites is 1. The number of hydrogen-bond donors (Lipinski definition) is 0. The third-order valence-corrected chi connectivity index (χ3v) is 3.56. The van der Waals surface area contributed by atoms with E-state index in [-0.39, 0.29) is 0 Å². The van der Waals surface area contributed by atoms with Crippen LogP contribution in [0.1, 0.15) is 21.6 Å². The van der Waals surface area contributed by atoms with Gasteiger partial charge in [-0.15, -0.1) is 0 Å². The summed E-state index contributed by atoms with van der Waals surface area (Å²) in [6.07, 6.45) is 0.773. The van der Waals surface area contributed by atoms with E-state index in [9.17, 15) is 4.79 Å². The highest BCUT2D eigenvalue weighted by atomic mass is 16.5. The number of carbonyl (C=O) groups excluding carboxylic acids is 1. The van der Waals surface area contributed by atoms with E-state index in [1.54, 1.807) is 38.5 Å². The van der Waals surface area contributed by atoms with Gasteiger partial charge in [-0.05, 0) is 30.2 Å². The largest absolute Gasteiger partial charge is 0.497 e. The predicted octanol–water partition coefficient (Wildman–Crippen LogP) is 3.46. The minimum Gasteiger partial charge on any atom is -0.497 e. The van der Waals surface area contributed by atoms with Crippen LogP contribution in [0.5, 0.6) is 11.5 Å². The van der Waals surface area contributed by atoms with Crippen molar-refractivity contribution < 1.29 is 14.3 Å². The standard InChI is InChI=1S/C20H15NO3/c1-23-17-9-14(10-18(12-17)24-2)7-8-20-16(13-22)11-15-5-3-4-6-19(15)21-20/h3-6,9-13H,1-2H3. The minimum absolute atomic E-state index is 0.450. The van der Waals surface area contributed by atoms with Gasteiger partial charge in [-0.25, -0.2) is 4.98 Å². The third-order valence-electron chi connectivity index (χ3n) is 3.56. The quantitative estimate of drug-likeness (QED) is 0.548. The molecule has 1 heterocycles. The molecule has 1 aromatic heterocycles. The Morgan fingerprint density at radius 2 is 1.67 bits per heavy atom. The Kier molecular flexibility index (Phi) is 4.44. The van der Waals surface area contributed by atoms with Crippen LogP contribution >= 0.6 is 0 Å². The molecule has 0 fully saturated rings. The van der Waals surface area contributed by atoms with Crippen LogP contribution in [0.15, 0.2) is 48.5 Å². The SMILES string of the molecule is COc1cc(C#Cc2nc3ccccc3cc2C=O)cc(OC)c1. The summed E-state index contributed by atoms with van der Waals surface area (Å²) in [7, 11) is 3.17. The van der Waals surface area contributed by atoms with Gasteiger partial charge in [-0.1, -0.05) is 24.1 Å². The van der Waals surface area contributed by atoms with Crippen molar-refractivity contribution in [1.29, 1.82) is 0 Å². The summed E-state index contributed by atoms with van der Waals surface area (Å²) in [5.41, 5.74) is 2.44. The fraction of sp³-hybridized carbons (Fsp3) is 0.100. The number of fused-ring (bicyclic) bond motifs is 1. The van der Waals surface area contributed by atoms with Crippen molar-refractivity contribution >= 4 is 17.2 Å². The van der Waals surface area contributed by atoms with Crippen LogP contribution in [0, 0.1) is 11.8 Å². The van der Waals surface area contributed by atoms with Gasteiger partial charge in [0.1, 0.15) is 17.2 Å². The first-order valence-corrected chi connectivity index (χ1v) is 7.33. The molecule has 4 heteroatoms. The van der Waals surface area contributed by atoms with Crippen LogP contribution in [0.25, 0.3) is 10.9 Å². The predicted molar refractivity (Wildman–Crippen MR) is 92.7 cm³/mol. The number of benzene rings is 2. The number of nitrogens with zero attached hydrogens (tertiary/aromatic N) is 1. The van der Waals surface area contributed by atoms with Crippen LogP contribution in [-0.4, -0.2) is 25.5 Å². The molecular weight excluding hydrogens is 302 g/mol. The zero-order valence-corrected chi connectivity index (χ0v) is 13.4. The molecule has 0 N–H and O–H groups in total. The Bertz CT molecular complexity index is 945. The molecular formula is C20H15NO3. The monoisotopic (exact) mass is 317 g/mol. The molecule has 0 saturated carbocycles. The Labute approximate surface area is 140 Å². The van der Waals surface area contributed by atoms with E-state index >= 15 is 0 Å². The summed E-state index contributed by atoms with van der Waals surface area (Å²) in [6.45, 7) is 0. The van der Waals surface area contributed by atoms with Crippen LogP contribution < -0.4 is 9.47 Å². The molecule has 2 aromatic carbocycles. The van der Waals surface area contributed by atoms with Gasteiger partial charge in [0.05, 0.1) is 19.7 Å². The number of rotatable bonds is 3. The van der Waals surface area contributed by atoms with Gasteiger partial charge in [-0.3, -0.25) is 4.79 Å². The topological polar surface area (TPSA) is 48.4 Å². The maximum atomic E-state index is 11.3. The first-order chi connectivity index (χ1) is 11.7. The molecule has 0 amide bonds. The molecule has 0 bridgehead atoms. The zero-order chi connectivity index (χ0) is 16.9. The van der Waals surface area contributed by atoms with E-state index in [2.05, 4.69) is 16.8 Å². The number of methoxy groups -OCH3 is 2. The minimum atomic E-state index is 0.450. The second-order valence-corrected chi connectivity index (χ2v) is 5.09. The average molecular weight is 317 g/mol. The average Bonchev–Trinajstić information content (AvgIpc) is 2.65. The van der Waals surface area contributed by atoms with Gasteiger partial charge in [0.15, 0.2) is 6.29 Å². The summed E-state index contributed by atoms with van der Waals surface area (Å²) in [4.78, 5) is 15.8. The van der Waals surface area contributed by atoms with E-state index in [1.165, 1.54) is 0 Å². The van der Waals surface area contributed by atoms with E-state index in [1.807, 2.05) is 24.3 Å². The lowest BCUT2D eigenvalue weighted by atomic mass is 10.1. The lowest BCUT2D eigenvalue weighted by Gasteiger charge is -2.04. The van der Waals surface area contributed by atoms with Crippen LogP contribution in [-0.2, 0) is 0 Å². The highest BCUT2D eigenvalue weighted by molar-refractivity contribution is 5.88. The second-order valence-electron chi connectivity index (χ2n) is 5.09. The van der Waals surface area contributed by atoms with E-state index in [0.717, 1.165) is 22.8 Å². The van der Waals surface area contributed by atoms with Gasteiger partial charge in [0.25, 0.3) is 0 Å². The van der Waals surface area contributed by atoms with Crippen LogP contribution in [0.3, 0.4) is 0 Å². The molecule has 0 spiro atoms.